The van der Waals surface area contributed by atoms with Gasteiger partial charge in [-0.1, -0.05) is 49.7 Å². The van der Waals surface area contributed by atoms with Gasteiger partial charge in [-0.3, -0.25) is 19.1 Å². The van der Waals surface area contributed by atoms with Crippen LogP contribution in [0.2, 0.25) is 0 Å². The Kier molecular flexibility index (Phi) is 7.71. The van der Waals surface area contributed by atoms with Gasteiger partial charge in [-0.25, -0.2) is 4.79 Å². The van der Waals surface area contributed by atoms with Crippen molar-refractivity contribution >= 4 is 17.4 Å². The van der Waals surface area contributed by atoms with Gasteiger partial charge >= 0.3 is 5.69 Å². The van der Waals surface area contributed by atoms with Crippen molar-refractivity contribution in [2.75, 3.05) is 23.8 Å². The predicted molar refractivity (Wildman–Crippen MR) is 130 cm³/mol. The number of anilines is 2. The molecule has 174 valence electrons. The molecule has 0 saturated heterocycles. The minimum absolute atomic E-state index is 0.0343. The summed E-state index contributed by atoms with van der Waals surface area (Å²) in [5.74, 6) is 0.111. The molecule has 0 aliphatic carbocycles. The number of nitrogen functional groups attached to an aromatic ring is 1. The normalized spacial score (nSPS) is 10.8. The van der Waals surface area contributed by atoms with Gasteiger partial charge in [0.15, 0.2) is 12.3 Å². The number of hydrogen-bond acceptors (Lipinski definition) is 5. The zero-order valence-electron chi connectivity index (χ0n) is 19.3. The Bertz CT molecular complexity index is 1210. The summed E-state index contributed by atoms with van der Waals surface area (Å²) in [6, 6.07) is 15.0. The van der Waals surface area contributed by atoms with Gasteiger partial charge in [-0.05, 0) is 49.1 Å². The van der Waals surface area contributed by atoms with E-state index in [1.165, 1.54) is 9.47 Å². The van der Waals surface area contributed by atoms with E-state index in [4.69, 9.17) is 10.5 Å². The van der Waals surface area contributed by atoms with E-state index in [-0.39, 0.29) is 31.2 Å². The zero-order chi connectivity index (χ0) is 24.0. The van der Waals surface area contributed by atoms with Crippen LogP contribution in [0.5, 0.6) is 5.75 Å². The number of carbonyl (C=O) groups excluding carboxylic acids is 1. The van der Waals surface area contributed by atoms with Gasteiger partial charge in [0.25, 0.3) is 11.5 Å². The molecular weight excluding hydrogens is 420 g/mol. The fourth-order valence-corrected chi connectivity index (χ4v) is 3.68. The Morgan fingerprint density at radius 2 is 1.76 bits per heavy atom. The molecule has 0 aliphatic rings. The molecule has 0 spiro atoms. The SMILES string of the molecule is CCCCN(C(=O)COc1cc(C)cc(C)c1)c1c(N)n(Cc2ccccc2)c(=O)[nH]c1=O. The number of amides is 1. The molecular formula is C25H30N4O4. The van der Waals surface area contributed by atoms with Crippen LogP contribution in [0.25, 0.3) is 0 Å². The van der Waals surface area contributed by atoms with E-state index in [1.54, 1.807) is 0 Å². The van der Waals surface area contributed by atoms with Crippen molar-refractivity contribution in [1.82, 2.24) is 9.55 Å². The van der Waals surface area contributed by atoms with Gasteiger partial charge in [0.05, 0.1) is 6.54 Å². The lowest BCUT2D eigenvalue weighted by Crippen LogP contribution is -2.43. The van der Waals surface area contributed by atoms with E-state index < -0.39 is 17.2 Å². The fraction of sp³-hybridized carbons (Fsp3) is 0.320. The van der Waals surface area contributed by atoms with Crippen LogP contribution >= 0.6 is 0 Å². The Hall–Kier alpha value is -3.81. The van der Waals surface area contributed by atoms with E-state index in [1.807, 2.05) is 69.3 Å². The number of aromatic amines is 1. The van der Waals surface area contributed by atoms with Crippen LogP contribution in [-0.2, 0) is 11.3 Å². The highest BCUT2D eigenvalue weighted by molar-refractivity contribution is 5.96. The third-order valence-corrected chi connectivity index (χ3v) is 5.26. The molecule has 1 amide bonds. The number of nitrogens with zero attached hydrogens (tertiary/aromatic N) is 2. The Morgan fingerprint density at radius 1 is 1.09 bits per heavy atom. The molecule has 33 heavy (non-hydrogen) atoms. The summed E-state index contributed by atoms with van der Waals surface area (Å²) in [4.78, 5) is 42.0. The summed E-state index contributed by atoms with van der Waals surface area (Å²) in [7, 11) is 0. The summed E-state index contributed by atoms with van der Waals surface area (Å²) >= 11 is 0. The Balaban J connectivity index is 1.93. The molecule has 2 aromatic carbocycles. The van der Waals surface area contributed by atoms with Crippen LogP contribution in [0.4, 0.5) is 11.5 Å². The lowest BCUT2D eigenvalue weighted by molar-refractivity contribution is -0.120. The summed E-state index contributed by atoms with van der Waals surface area (Å²) in [6.07, 6.45) is 1.47. The molecule has 0 saturated carbocycles. The zero-order valence-corrected chi connectivity index (χ0v) is 19.3. The number of hydrogen-bond donors (Lipinski definition) is 2. The third-order valence-electron chi connectivity index (χ3n) is 5.26. The summed E-state index contributed by atoms with van der Waals surface area (Å²) in [5.41, 5.74) is 7.83. The number of unbranched alkanes of at least 4 members (excludes halogenated alkanes) is 1. The first kappa shape index (κ1) is 23.8. The number of ether oxygens (including phenoxy) is 1. The number of rotatable bonds is 9. The second-order valence-corrected chi connectivity index (χ2v) is 8.08. The number of H-pyrrole nitrogens is 1. The highest BCUT2D eigenvalue weighted by atomic mass is 16.5. The van der Waals surface area contributed by atoms with E-state index in [9.17, 15) is 14.4 Å². The largest absolute Gasteiger partial charge is 0.484 e. The van der Waals surface area contributed by atoms with Crippen molar-refractivity contribution in [3.63, 3.8) is 0 Å². The van der Waals surface area contributed by atoms with E-state index in [2.05, 4.69) is 4.98 Å². The molecule has 1 heterocycles. The van der Waals surface area contributed by atoms with E-state index in [0.717, 1.165) is 23.1 Å². The molecule has 0 radical (unpaired) electrons. The van der Waals surface area contributed by atoms with Crippen molar-refractivity contribution in [3.8, 4) is 5.75 Å². The standard InChI is InChI=1S/C25H30N4O4/c1-4-5-11-28(21(30)16-33-20-13-17(2)12-18(3)14-20)22-23(26)29(25(32)27-24(22)31)15-19-9-7-6-8-10-19/h6-10,12-14H,4-5,11,15-16,26H2,1-3H3,(H,27,31,32). The third kappa shape index (κ3) is 5.91. The molecule has 3 rings (SSSR count). The first-order chi connectivity index (χ1) is 15.8. The number of nitrogens with one attached hydrogen (secondary N) is 1. The number of aryl methyl sites for hydroxylation is 2. The van der Waals surface area contributed by atoms with Crippen molar-refractivity contribution in [2.24, 2.45) is 0 Å². The van der Waals surface area contributed by atoms with Gasteiger partial charge in [0.1, 0.15) is 11.6 Å². The van der Waals surface area contributed by atoms with Gasteiger partial charge in [0, 0.05) is 6.54 Å². The molecule has 3 aromatic rings. The van der Waals surface area contributed by atoms with Crippen molar-refractivity contribution in [3.05, 3.63) is 86.1 Å². The van der Waals surface area contributed by atoms with Crippen LogP contribution in [0.3, 0.4) is 0 Å². The maximum atomic E-state index is 13.2. The molecule has 8 nitrogen and oxygen atoms in total. The minimum atomic E-state index is -0.697. The van der Waals surface area contributed by atoms with Crippen molar-refractivity contribution in [2.45, 2.75) is 40.2 Å². The van der Waals surface area contributed by atoms with Crippen LogP contribution < -0.4 is 26.6 Å². The highest BCUT2D eigenvalue weighted by Crippen LogP contribution is 2.20. The molecule has 3 N–H and O–H groups in total. The monoisotopic (exact) mass is 450 g/mol. The molecule has 8 heteroatoms. The first-order valence-corrected chi connectivity index (χ1v) is 11.0. The van der Waals surface area contributed by atoms with Gasteiger partial charge in [-0.2, -0.15) is 0 Å². The van der Waals surface area contributed by atoms with E-state index in [0.29, 0.717) is 12.2 Å². The molecule has 0 atom stereocenters. The number of nitrogens with two attached hydrogens (primary N) is 1. The van der Waals surface area contributed by atoms with Gasteiger partial charge in [0.2, 0.25) is 0 Å². The van der Waals surface area contributed by atoms with Crippen LogP contribution in [-0.4, -0.2) is 28.6 Å². The molecule has 1 aromatic heterocycles. The van der Waals surface area contributed by atoms with Crippen LogP contribution in [0, 0.1) is 13.8 Å². The van der Waals surface area contributed by atoms with Crippen molar-refractivity contribution < 1.29 is 9.53 Å². The van der Waals surface area contributed by atoms with Crippen LogP contribution in [0.15, 0.2) is 58.1 Å². The summed E-state index contributed by atoms with van der Waals surface area (Å²) < 4.78 is 7.00. The lowest BCUT2D eigenvalue weighted by Gasteiger charge is -2.24. The predicted octanol–water partition coefficient (Wildman–Crippen LogP) is 3.00. The fourth-order valence-electron chi connectivity index (χ4n) is 3.68. The molecule has 0 fully saturated rings. The second-order valence-electron chi connectivity index (χ2n) is 8.08. The van der Waals surface area contributed by atoms with E-state index >= 15 is 0 Å². The summed E-state index contributed by atoms with van der Waals surface area (Å²) in [6.45, 7) is 6.07. The van der Waals surface area contributed by atoms with Gasteiger partial charge < -0.3 is 15.4 Å². The van der Waals surface area contributed by atoms with Gasteiger partial charge in [-0.15, -0.1) is 0 Å². The smallest absolute Gasteiger partial charge is 0.330 e. The topological polar surface area (TPSA) is 110 Å². The average Bonchev–Trinajstić information content (AvgIpc) is 2.77. The summed E-state index contributed by atoms with van der Waals surface area (Å²) in [5, 5.41) is 0. The maximum absolute atomic E-state index is 13.2. The maximum Gasteiger partial charge on any atom is 0.330 e. The minimum Gasteiger partial charge on any atom is -0.484 e. The first-order valence-electron chi connectivity index (χ1n) is 11.0. The lowest BCUT2D eigenvalue weighted by atomic mass is 10.1. The molecule has 0 unspecified atom stereocenters. The number of aromatic nitrogens is 2. The molecule has 0 bridgehead atoms. The number of carbonyl (C=O) groups is 1. The Morgan fingerprint density at radius 3 is 2.39 bits per heavy atom. The highest BCUT2D eigenvalue weighted by Gasteiger charge is 2.24. The quantitative estimate of drug-likeness (QED) is 0.521. The second kappa shape index (κ2) is 10.7. The average molecular weight is 451 g/mol. The number of benzene rings is 2. The Labute approximate surface area is 192 Å². The van der Waals surface area contributed by atoms with Crippen molar-refractivity contribution in [1.29, 1.82) is 0 Å². The molecule has 0 aliphatic heterocycles. The van der Waals surface area contributed by atoms with Crippen LogP contribution in [0.1, 0.15) is 36.5 Å².